The van der Waals surface area contributed by atoms with Gasteiger partial charge in [0.25, 0.3) is 10.0 Å². The molecule has 0 fully saturated rings. The summed E-state index contributed by atoms with van der Waals surface area (Å²) in [5, 5.41) is 1.39. The lowest BCUT2D eigenvalue weighted by Gasteiger charge is -2.07. The van der Waals surface area contributed by atoms with Crippen LogP contribution in [0.3, 0.4) is 0 Å². The average Bonchev–Trinajstić information content (AvgIpc) is 2.87. The van der Waals surface area contributed by atoms with Crippen molar-refractivity contribution in [1.82, 2.24) is 9.97 Å². The average molecular weight is 334 g/mol. The number of carbonyl (C=O) groups excluding carboxylic acids is 1. The van der Waals surface area contributed by atoms with Crippen molar-refractivity contribution in [3.63, 3.8) is 0 Å². The number of carbonyl (C=O) groups is 1. The number of rotatable bonds is 4. The SMILES string of the molecule is COC(=O)c1sccc1S(=O)(=O)Nc1ccnc(Cl)n1. The second-order valence-electron chi connectivity index (χ2n) is 3.42. The molecule has 0 aliphatic rings. The zero-order chi connectivity index (χ0) is 14.8. The highest BCUT2D eigenvalue weighted by Crippen LogP contribution is 2.24. The normalized spacial score (nSPS) is 11.1. The van der Waals surface area contributed by atoms with E-state index in [1.807, 2.05) is 0 Å². The molecular formula is C10H8ClN3O4S2. The Morgan fingerprint density at radius 3 is 2.85 bits per heavy atom. The third-order valence-corrected chi connectivity index (χ3v) is 4.76. The van der Waals surface area contributed by atoms with Crippen LogP contribution in [0.25, 0.3) is 0 Å². The summed E-state index contributed by atoms with van der Waals surface area (Å²) in [5.41, 5.74) is 0. The lowest BCUT2D eigenvalue weighted by Crippen LogP contribution is -2.16. The monoisotopic (exact) mass is 333 g/mol. The van der Waals surface area contributed by atoms with Crippen molar-refractivity contribution in [1.29, 1.82) is 0 Å². The first kappa shape index (κ1) is 14.7. The molecule has 0 amide bonds. The summed E-state index contributed by atoms with van der Waals surface area (Å²) in [4.78, 5) is 18.7. The predicted molar refractivity (Wildman–Crippen MR) is 73.5 cm³/mol. The lowest BCUT2D eigenvalue weighted by atomic mass is 10.5. The summed E-state index contributed by atoms with van der Waals surface area (Å²) in [6.07, 6.45) is 1.31. The van der Waals surface area contributed by atoms with Crippen LogP contribution in [0.15, 0.2) is 28.6 Å². The number of thiophene rings is 1. The molecule has 1 N–H and O–H groups in total. The third kappa shape index (κ3) is 3.06. The maximum atomic E-state index is 12.2. The minimum Gasteiger partial charge on any atom is -0.465 e. The van der Waals surface area contributed by atoms with E-state index in [1.54, 1.807) is 0 Å². The van der Waals surface area contributed by atoms with E-state index in [2.05, 4.69) is 19.4 Å². The number of esters is 1. The van der Waals surface area contributed by atoms with Crippen molar-refractivity contribution in [3.05, 3.63) is 33.9 Å². The van der Waals surface area contributed by atoms with E-state index < -0.39 is 16.0 Å². The molecule has 0 atom stereocenters. The fraction of sp³-hybridized carbons (Fsp3) is 0.100. The number of hydrogen-bond acceptors (Lipinski definition) is 7. The van der Waals surface area contributed by atoms with Crippen LogP contribution in [0.1, 0.15) is 9.67 Å². The van der Waals surface area contributed by atoms with Gasteiger partial charge < -0.3 is 4.74 Å². The third-order valence-electron chi connectivity index (χ3n) is 2.15. The highest BCUT2D eigenvalue weighted by Gasteiger charge is 2.25. The summed E-state index contributed by atoms with van der Waals surface area (Å²) >= 11 is 6.54. The molecule has 0 saturated heterocycles. The maximum absolute atomic E-state index is 12.2. The van der Waals surface area contributed by atoms with Crippen molar-refractivity contribution < 1.29 is 17.9 Å². The van der Waals surface area contributed by atoms with Gasteiger partial charge in [0.2, 0.25) is 5.28 Å². The van der Waals surface area contributed by atoms with Gasteiger partial charge in [-0.1, -0.05) is 0 Å². The van der Waals surface area contributed by atoms with Gasteiger partial charge >= 0.3 is 5.97 Å². The molecule has 2 heterocycles. The van der Waals surface area contributed by atoms with Crippen molar-refractivity contribution in [2.45, 2.75) is 4.90 Å². The fourth-order valence-corrected chi connectivity index (χ4v) is 3.82. The second kappa shape index (κ2) is 5.73. The molecule has 0 unspecified atom stereocenters. The molecule has 2 aromatic heterocycles. The second-order valence-corrected chi connectivity index (χ2v) is 6.33. The predicted octanol–water partition coefficient (Wildman–Crippen LogP) is 1.78. The van der Waals surface area contributed by atoms with Gasteiger partial charge in [-0.15, -0.1) is 11.3 Å². The first-order valence-electron chi connectivity index (χ1n) is 5.11. The maximum Gasteiger partial charge on any atom is 0.349 e. The number of ether oxygens (including phenoxy) is 1. The minimum atomic E-state index is -3.96. The van der Waals surface area contributed by atoms with E-state index in [0.29, 0.717) is 0 Å². The van der Waals surface area contributed by atoms with E-state index in [0.717, 1.165) is 11.3 Å². The molecule has 0 saturated carbocycles. The topological polar surface area (TPSA) is 98.2 Å². The molecule has 106 valence electrons. The van der Waals surface area contributed by atoms with Crippen LogP contribution in [0.5, 0.6) is 0 Å². The Kier molecular flexibility index (Phi) is 4.21. The molecule has 2 aromatic rings. The van der Waals surface area contributed by atoms with E-state index in [4.69, 9.17) is 11.6 Å². The van der Waals surface area contributed by atoms with E-state index in [1.165, 1.54) is 30.8 Å². The highest BCUT2D eigenvalue weighted by atomic mass is 35.5. The number of sulfonamides is 1. The molecule has 0 bridgehead atoms. The van der Waals surface area contributed by atoms with Crippen LogP contribution >= 0.6 is 22.9 Å². The van der Waals surface area contributed by atoms with E-state index in [9.17, 15) is 13.2 Å². The van der Waals surface area contributed by atoms with Gasteiger partial charge in [0.15, 0.2) is 0 Å². The first-order valence-corrected chi connectivity index (χ1v) is 7.85. The fourth-order valence-electron chi connectivity index (χ4n) is 1.34. The van der Waals surface area contributed by atoms with Crippen LogP contribution in [-0.2, 0) is 14.8 Å². The number of nitrogens with zero attached hydrogens (tertiary/aromatic N) is 2. The van der Waals surface area contributed by atoms with Crippen molar-refractivity contribution in [2.24, 2.45) is 0 Å². The largest absolute Gasteiger partial charge is 0.465 e. The Hall–Kier alpha value is -1.71. The number of nitrogens with one attached hydrogen (secondary N) is 1. The van der Waals surface area contributed by atoms with Gasteiger partial charge in [0.05, 0.1) is 7.11 Å². The summed E-state index contributed by atoms with van der Waals surface area (Å²) in [7, 11) is -2.79. The Labute approximate surface area is 123 Å². The molecule has 0 aromatic carbocycles. The first-order chi connectivity index (χ1) is 9.44. The van der Waals surface area contributed by atoms with Gasteiger partial charge in [0, 0.05) is 6.20 Å². The molecule has 0 spiro atoms. The van der Waals surface area contributed by atoms with E-state index in [-0.39, 0.29) is 20.9 Å². The Morgan fingerprint density at radius 1 is 1.45 bits per heavy atom. The molecule has 0 aliphatic heterocycles. The van der Waals surface area contributed by atoms with Crippen LogP contribution in [0, 0.1) is 0 Å². The van der Waals surface area contributed by atoms with Crippen LogP contribution < -0.4 is 4.72 Å². The highest BCUT2D eigenvalue weighted by molar-refractivity contribution is 7.93. The van der Waals surface area contributed by atoms with Gasteiger partial charge in [-0.05, 0) is 29.1 Å². The molecule has 0 aliphatic carbocycles. The van der Waals surface area contributed by atoms with E-state index >= 15 is 0 Å². The summed E-state index contributed by atoms with van der Waals surface area (Å²) in [6.45, 7) is 0. The van der Waals surface area contributed by atoms with Gasteiger partial charge in [0.1, 0.15) is 15.6 Å². The quantitative estimate of drug-likeness (QED) is 0.676. The Morgan fingerprint density at radius 2 is 2.20 bits per heavy atom. The Bertz CT molecular complexity index is 744. The number of methoxy groups -OCH3 is 1. The van der Waals surface area contributed by atoms with Crippen LogP contribution in [0.4, 0.5) is 5.82 Å². The van der Waals surface area contributed by atoms with Gasteiger partial charge in [-0.3, -0.25) is 4.72 Å². The standard InChI is InChI=1S/C10H8ClN3O4S2/c1-18-9(15)8-6(3-5-19-8)20(16,17)14-7-2-4-12-10(11)13-7/h2-5H,1H3,(H,12,13,14). The van der Waals surface area contributed by atoms with Crippen molar-refractivity contribution in [2.75, 3.05) is 11.8 Å². The van der Waals surface area contributed by atoms with Crippen molar-refractivity contribution in [3.8, 4) is 0 Å². The summed E-state index contributed by atoms with van der Waals surface area (Å²) in [6, 6.07) is 2.65. The summed E-state index contributed by atoms with van der Waals surface area (Å²) < 4.78 is 31.1. The molecule has 0 radical (unpaired) electrons. The van der Waals surface area contributed by atoms with Gasteiger partial charge in [-0.2, -0.15) is 4.98 Å². The Balaban J connectivity index is 2.36. The number of anilines is 1. The molecule has 7 nitrogen and oxygen atoms in total. The minimum absolute atomic E-state index is 0.00650. The molecular weight excluding hydrogens is 326 g/mol. The number of hydrogen-bond donors (Lipinski definition) is 1. The summed E-state index contributed by atoms with van der Waals surface area (Å²) in [5.74, 6) is -0.715. The van der Waals surface area contributed by atoms with Crippen LogP contribution in [-0.4, -0.2) is 31.5 Å². The van der Waals surface area contributed by atoms with Crippen LogP contribution in [0.2, 0.25) is 5.28 Å². The molecule has 10 heteroatoms. The van der Waals surface area contributed by atoms with Gasteiger partial charge in [-0.25, -0.2) is 18.2 Å². The number of halogens is 1. The molecule has 2 rings (SSSR count). The zero-order valence-electron chi connectivity index (χ0n) is 10.0. The zero-order valence-corrected chi connectivity index (χ0v) is 12.4. The van der Waals surface area contributed by atoms with Crippen molar-refractivity contribution >= 4 is 44.7 Å². The lowest BCUT2D eigenvalue weighted by molar-refractivity contribution is 0.0602. The number of aromatic nitrogens is 2. The smallest absolute Gasteiger partial charge is 0.349 e. The molecule has 20 heavy (non-hydrogen) atoms.